The predicted octanol–water partition coefficient (Wildman–Crippen LogP) is 2.46. The highest BCUT2D eigenvalue weighted by atomic mass is 32.2. The number of nitrogens with zero attached hydrogens (tertiary/aromatic N) is 2. The average Bonchev–Trinajstić information content (AvgIpc) is 2.69. The third-order valence-corrected chi connectivity index (χ3v) is 6.86. The second-order valence-corrected chi connectivity index (χ2v) is 8.56. The Morgan fingerprint density at radius 1 is 0.963 bits per heavy atom. The van der Waals surface area contributed by atoms with E-state index in [1.807, 2.05) is 32.0 Å². The number of benzene rings is 2. The van der Waals surface area contributed by atoms with Gasteiger partial charge >= 0.3 is 0 Å². The van der Waals surface area contributed by atoms with Crippen LogP contribution >= 0.6 is 0 Å². The number of ether oxygens (including phenoxy) is 1. The lowest BCUT2D eigenvalue weighted by Crippen LogP contribution is -2.50. The van der Waals surface area contributed by atoms with Crippen molar-refractivity contribution in [2.24, 2.45) is 0 Å². The van der Waals surface area contributed by atoms with Crippen LogP contribution in [0, 0.1) is 13.8 Å². The number of carbonyl (C=O) groups excluding carboxylic acids is 1. The molecule has 0 saturated carbocycles. The minimum absolute atomic E-state index is 0.0728. The van der Waals surface area contributed by atoms with E-state index in [0.717, 1.165) is 11.1 Å². The monoisotopic (exact) mass is 388 g/mol. The van der Waals surface area contributed by atoms with Gasteiger partial charge in [-0.25, -0.2) is 8.42 Å². The summed E-state index contributed by atoms with van der Waals surface area (Å²) in [7, 11) is -2.22. The fourth-order valence-electron chi connectivity index (χ4n) is 3.16. The highest BCUT2D eigenvalue weighted by Gasteiger charge is 2.32. The summed E-state index contributed by atoms with van der Waals surface area (Å²) in [5.74, 6) is 0.275. The molecular weight excluding hydrogens is 364 g/mol. The number of amides is 1. The summed E-state index contributed by atoms with van der Waals surface area (Å²) < 4.78 is 33.0. The minimum Gasteiger partial charge on any atom is -0.495 e. The Balaban J connectivity index is 1.78. The Morgan fingerprint density at radius 3 is 2.15 bits per heavy atom. The number of hydrogen-bond acceptors (Lipinski definition) is 4. The number of methoxy groups -OCH3 is 1. The van der Waals surface area contributed by atoms with Crippen LogP contribution in [-0.2, 0) is 10.0 Å². The molecule has 2 aromatic carbocycles. The number of aryl methyl sites for hydroxylation is 2. The van der Waals surface area contributed by atoms with Crippen LogP contribution in [0.25, 0.3) is 0 Å². The summed E-state index contributed by atoms with van der Waals surface area (Å²) in [5, 5.41) is 0. The van der Waals surface area contributed by atoms with Gasteiger partial charge in [-0.1, -0.05) is 18.2 Å². The van der Waals surface area contributed by atoms with E-state index in [-0.39, 0.29) is 23.9 Å². The molecule has 0 spiro atoms. The van der Waals surface area contributed by atoms with Gasteiger partial charge in [-0.15, -0.1) is 0 Å². The number of piperazine rings is 1. The maximum Gasteiger partial charge on any atom is 0.253 e. The van der Waals surface area contributed by atoms with E-state index in [1.54, 1.807) is 29.2 Å². The summed E-state index contributed by atoms with van der Waals surface area (Å²) in [6.07, 6.45) is 0. The molecule has 2 aromatic rings. The van der Waals surface area contributed by atoms with Gasteiger partial charge in [0.25, 0.3) is 5.91 Å². The molecule has 0 bridgehead atoms. The molecule has 1 amide bonds. The van der Waals surface area contributed by atoms with E-state index < -0.39 is 10.0 Å². The van der Waals surface area contributed by atoms with E-state index in [1.165, 1.54) is 11.4 Å². The Labute approximate surface area is 160 Å². The standard InChI is InChI=1S/C20H24N2O4S/c1-15-13-18(26-3)19(14-16(15)2)27(24,25)22-11-9-21(10-12-22)20(23)17-7-5-4-6-8-17/h4-8,13-14H,9-12H2,1-3H3. The summed E-state index contributed by atoms with van der Waals surface area (Å²) in [5.41, 5.74) is 2.49. The Kier molecular flexibility index (Phi) is 5.53. The van der Waals surface area contributed by atoms with Crippen molar-refractivity contribution in [3.05, 3.63) is 59.2 Å². The molecule has 1 fully saturated rings. The smallest absolute Gasteiger partial charge is 0.253 e. The molecule has 0 atom stereocenters. The van der Waals surface area contributed by atoms with Crippen molar-refractivity contribution in [1.29, 1.82) is 0 Å². The normalized spacial score (nSPS) is 15.6. The summed E-state index contributed by atoms with van der Waals surface area (Å²) >= 11 is 0. The number of hydrogen-bond donors (Lipinski definition) is 0. The van der Waals surface area contributed by atoms with Crippen molar-refractivity contribution < 1.29 is 17.9 Å². The highest BCUT2D eigenvalue weighted by Crippen LogP contribution is 2.30. The van der Waals surface area contributed by atoms with E-state index in [9.17, 15) is 13.2 Å². The van der Waals surface area contributed by atoms with Gasteiger partial charge in [0, 0.05) is 31.7 Å². The van der Waals surface area contributed by atoms with E-state index in [4.69, 9.17) is 4.74 Å². The minimum atomic E-state index is -3.69. The van der Waals surface area contributed by atoms with Gasteiger partial charge in [0.15, 0.2) is 0 Å². The van der Waals surface area contributed by atoms with E-state index in [2.05, 4.69) is 0 Å². The topological polar surface area (TPSA) is 66.9 Å². The summed E-state index contributed by atoms with van der Waals surface area (Å²) in [6.45, 7) is 5.04. The maximum atomic E-state index is 13.1. The molecule has 0 unspecified atom stereocenters. The van der Waals surface area contributed by atoms with Crippen molar-refractivity contribution in [2.45, 2.75) is 18.7 Å². The second kappa shape index (κ2) is 7.70. The van der Waals surface area contributed by atoms with Crippen LogP contribution in [0.4, 0.5) is 0 Å². The third kappa shape index (κ3) is 3.84. The van der Waals surface area contributed by atoms with E-state index in [0.29, 0.717) is 24.4 Å². The van der Waals surface area contributed by atoms with Gasteiger partial charge in [-0.05, 0) is 49.2 Å². The van der Waals surface area contributed by atoms with Crippen molar-refractivity contribution in [3.8, 4) is 5.75 Å². The van der Waals surface area contributed by atoms with Gasteiger partial charge in [0.2, 0.25) is 10.0 Å². The van der Waals surface area contributed by atoms with Gasteiger partial charge in [0.1, 0.15) is 10.6 Å². The Hall–Kier alpha value is -2.38. The first-order chi connectivity index (χ1) is 12.8. The lowest BCUT2D eigenvalue weighted by Gasteiger charge is -2.34. The van der Waals surface area contributed by atoms with Gasteiger partial charge in [0.05, 0.1) is 7.11 Å². The zero-order valence-electron chi connectivity index (χ0n) is 15.8. The van der Waals surface area contributed by atoms with E-state index >= 15 is 0 Å². The number of rotatable bonds is 4. The molecule has 1 saturated heterocycles. The molecule has 27 heavy (non-hydrogen) atoms. The largest absolute Gasteiger partial charge is 0.495 e. The summed E-state index contributed by atoms with van der Waals surface area (Å²) in [6, 6.07) is 12.4. The fourth-order valence-corrected chi connectivity index (χ4v) is 4.80. The summed E-state index contributed by atoms with van der Waals surface area (Å²) in [4.78, 5) is 14.4. The molecule has 7 heteroatoms. The first-order valence-electron chi connectivity index (χ1n) is 8.84. The third-order valence-electron chi connectivity index (χ3n) is 4.94. The molecule has 0 radical (unpaired) electrons. The molecule has 1 aliphatic heterocycles. The molecular formula is C20H24N2O4S. The van der Waals surface area contributed by atoms with Crippen molar-refractivity contribution in [3.63, 3.8) is 0 Å². The second-order valence-electron chi connectivity index (χ2n) is 6.65. The molecule has 0 aliphatic carbocycles. The molecule has 3 rings (SSSR count). The van der Waals surface area contributed by atoms with Gasteiger partial charge in [-0.2, -0.15) is 4.31 Å². The van der Waals surface area contributed by atoms with Crippen LogP contribution in [0.15, 0.2) is 47.4 Å². The van der Waals surface area contributed by atoms with Crippen molar-refractivity contribution in [2.75, 3.05) is 33.3 Å². The maximum absolute atomic E-state index is 13.1. The first kappa shape index (κ1) is 19.4. The molecule has 6 nitrogen and oxygen atoms in total. The SMILES string of the molecule is COc1cc(C)c(C)cc1S(=O)(=O)N1CCN(C(=O)c2ccccc2)CC1. The zero-order chi connectivity index (χ0) is 19.6. The highest BCUT2D eigenvalue weighted by molar-refractivity contribution is 7.89. The van der Waals surface area contributed by atoms with Crippen molar-refractivity contribution in [1.82, 2.24) is 9.21 Å². The number of carbonyl (C=O) groups is 1. The Bertz CT molecular complexity index is 934. The first-order valence-corrected chi connectivity index (χ1v) is 10.3. The number of sulfonamides is 1. The molecule has 0 aromatic heterocycles. The average molecular weight is 388 g/mol. The van der Waals surface area contributed by atoms with Crippen LogP contribution < -0.4 is 4.74 Å². The van der Waals surface area contributed by atoms with Crippen LogP contribution in [0.3, 0.4) is 0 Å². The van der Waals surface area contributed by atoms with Gasteiger partial charge in [-0.3, -0.25) is 4.79 Å². The van der Waals surface area contributed by atoms with Gasteiger partial charge < -0.3 is 9.64 Å². The van der Waals surface area contributed by atoms with Crippen molar-refractivity contribution >= 4 is 15.9 Å². The van der Waals surface area contributed by atoms with Crippen LogP contribution in [0.1, 0.15) is 21.5 Å². The molecule has 0 N–H and O–H groups in total. The molecule has 144 valence electrons. The fraction of sp³-hybridized carbons (Fsp3) is 0.350. The quantitative estimate of drug-likeness (QED) is 0.807. The van der Waals surface area contributed by atoms with Crippen LogP contribution in [0.5, 0.6) is 5.75 Å². The zero-order valence-corrected chi connectivity index (χ0v) is 16.6. The van der Waals surface area contributed by atoms with Crippen LogP contribution in [-0.4, -0.2) is 56.8 Å². The Morgan fingerprint density at radius 2 is 1.56 bits per heavy atom. The predicted molar refractivity (Wildman–Crippen MR) is 104 cm³/mol. The lowest BCUT2D eigenvalue weighted by molar-refractivity contribution is 0.0698. The molecule has 1 heterocycles. The lowest BCUT2D eigenvalue weighted by atomic mass is 10.1. The van der Waals surface area contributed by atoms with Crippen LogP contribution in [0.2, 0.25) is 0 Å². The molecule has 1 aliphatic rings.